The Bertz CT molecular complexity index is 1030. The Balaban J connectivity index is 1.26. The second kappa shape index (κ2) is 10.1. The van der Waals surface area contributed by atoms with Crippen LogP contribution in [-0.2, 0) is 14.3 Å². The van der Waals surface area contributed by atoms with E-state index in [1.807, 2.05) is 23.1 Å². The number of pyridine rings is 1. The zero-order valence-electron chi connectivity index (χ0n) is 18.4. The lowest BCUT2D eigenvalue weighted by molar-refractivity contribution is -0.123. The molecule has 2 N–H and O–H groups in total. The normalized spacial score (nSPS) is 17.9. The summed E-state index contributed by atoms with van der Waals surface area (Å²) >= 11 is 0. The van der Waals surface area contributed by atoms with Gasteiger partial charge in [0, 0.05) is 38.1 Å². The molecule has 2 aliphatic rings. The zero-order valence-corrected chi connectivity index (χ0v) is 18.4. The fraction of sp³-hybridized carbons (Fsp3) is 0.348. The lowest BCUT2D eigenvalue weighted by atomic mass is 10.1. The van der Waals surface area contributed by atoms with E-state index < -0.39 is 12.0 Å². The molecule has 0 aliphatic carbocycles. The van der Waals surface area contributed by atoms with Crippen LogP contribution in [0.4, 0.5) is 11.5 Å². The number of aromatic nitrogens is 1. The molecule has 10 heteroatoms. The standard InChI is InChI=1S/C23H26N6O4/c1-2-33-22(32)16-6-8-17(9-7-16)25-20(30)15-18-21(31)27-23(26-18)29-13-11-28(12-14-29)19-5-3-4-10-24-19/h3-10,18H,2,11-15H2,1H3,(H,25,30)(H,26,27,31). The number of nitrogens with zero attached hydrogens (tertiary/aromatic N) is 4. The molecule has 33 heavy (non-hydrogen) atoms. The molecular formula is C23H26N6O4. The SMILES string of the molecule is CCOC(=O)c1ccc(NC(=O)CC2NC(N3CCN(c4ccccn4)CC3)=NC2=O)cc1. The van der Waals surface area contributed by atoms with Gasteiger partial charge in [-0.1, -0.05) is 6.07 Å². The molecular weight excluding hydrogens is 424 g/mol. The Kier molecular flexibility index (Phi) is 6.82. The third kappa shape index (κ3) is 5.46. The van der Waals surface area contributed by atoms with Crippen LogP contribution in [0.5, 0.6) is 0 Å². The predicted octanol–water partition coefficient (Wildman–Crippen LogP) is 1.26. The van der Waals surface area contributed by atoms with Crippen LogP contribution >= 0.6 is 0 Å². The van der Waals surface area contributed by atoms with E-state index in [1.165, 1.54) is 0 Å². The first-order valence-electron chi connectivity index (χ1n) is 10.9. The summed E-state index contributed by atoms with van der Waals surface area (Å²) in [4.78, 5) is 49.2. The Labute approximate surface area is 191 Å². The Hall–Kier alpha value is -3.95. The lowest BCUT2D eigenvalue weighted by Crippen LogP contribution is -2.53. The molecule has 1 aromatic heterocycles. The third-order valence-corrected chi connectivity index (χ3v) is 5.44. The number of piperazine rings is 1. The lowest BCUT2D eigenvalue weighted by Gasteiger charge is -2.36. The summed E-state index contributed by atoms with van der Waals surface area (Å²) in [5.74, 6) is 0.351. The summed E-state index contributed by atoms with van der Waals surface area (Å²) in [5, 5.41) is 5.83. The highest BCUT2D eigenvalue weighted by Gasteiger charge is 2.32. The molecule has 2 aromatic rings. The molecule has 0 spiro atoms. The molecule has 1 saturated heterocycles. The summed E-state index contributed by atoms with van der Waals surface area (Å²) in [7, 11) is 0. The maximum Gasteiger partial charge on any atom is 0.338 e. The molecule has 4 rings (SSSR count). The van der Waals surface area contributed by atoms with Crippen LogP contribution in [0.3, 0.4) is 0 Å². The van der Waals surface area contributed by atoms with E-state index in [2.05, 4.69) is 25.5 Å². The van der Waals surface area contributed by atoms with Gasteiger partial charge in [0.1, 0.15) is 11.9 Å². The van der Waals surface area contributed by atoms with Crippen molar-refractivity contribution in [3.05, 3.63) is 54.2 Å². The Morgan fingerprint density at radius 3 is 2.48 bits per heavy atom. The average molecular weight is 450 g/mol. The molecule has 0 radical (unpaired) electrons. The van der Waals surface area contributed by atoms with Crippen LogP contribution in [0.25, 0.3) is 0 Å². The van der Waals surface area contributed by atoms with Gasteiger partial charge in [0.25, 0.3) is 5.91 Å². The second-order valence-corrected chi connectivity index (χ2v) is 7.68. The fourth-order valence-corrected chi connectivity index (χ4v) is 3.72. The van der Waals surface area contributed by atoms with Crippen LogP contribution < -0.4 is 15.5 Å². The van der Waals surface area contributed by atoms with E-state index in [0.717, 1.165) is 18.9 Å². The van der Waals surface area contributed by atoms with Crippen LogP contribution in [0.1, 0.15) is 23.7 Å². The molecule has 2 amide bonds. The fourth-order valence-electron chi connectivity index (χ4n) is 3.72. The van der Waals surface area contributed by atoms with Crippen molar-refractivity contribution in [1.82, 2.24) is 15.2 Å². The number of rotatable bonds is 6. The number of carbonyl (C=O) groups excluding carboxylic acids is 3. The number of ether oxygens (including phenoxy) is 1. The van der Waals surface area contributed by atoms with Gasteiger partial charge in [0.2, 0.25) is 11.9 Å². The van der Waals surface area contributed by atoms with Crippen LogP contribution in [-0.4, -0.2) is 72.5 Å². The van der Waals surface area contributed by atoms with E-state index >= 15 is 0 Å². The third-order valence-electron chi connectivity index (χ3n) is 5.44. The maximum absolute atomic E-state index is 12.4. The summed E-state index contributed by atoms with van der Waals surface area (Å²) in [6, 6.07) is 11.5. The highest BCUT2D eigenvalue weighted by Crippen LogP contribution is 2.16. The molecule has 1 fully saturated rings. The number of aliphatic imine (C=N–C) groups is 1. The van der Waals surface area contributed by atoms with Gasteiger partial charge >= 0.3 is 5.97 Å². The van der Waals surface area contributed by atoms with Crippen molar-refractivity contribution in [3.63, 3.8) is 0 Å². The van der Waals surface area contributed by atoms with Crippen molar-refractivity contribution in [2.24, 2.45) is 4.99 Å². The molecule has 3 heterocycles. The zero-order chi connectivity index (χ0) is 23.2. The minimum absolute atomic E-state index is 0.0423. The van der Waals surface area contributed by atoms with Gasteiger partial charge in [-0.2, -0.15) is 4.99 Å². The van der Waals surface area contributed by atoms with Crippen molar-refractivity contribution in [2.45, 2.75) is 19.4 Å². The molecule has 0 bridgehead atoms. The molecule has 10 nitrogen and oxygen atoms in total. The van der Waals surface area contributed by atoms with Gasteiger partial charge in [-0.3, -0.25) is 9.59 Å². The van der Waals surface area contributed by atoms with Gasteiger partial charge in [-0.15, -0.1) is 0 Å². The van der Waals surface area contributed by atoms with Crippen molar-refractivity contribution < 1.29 is 19.1 Å². The number of benzene rings is 1. The minimum Gasteiger partial charge on any atom is -0.462 e. The number of esters is 1. The van der Waals surface area contributed by atoms with E-state index in [0.29, 0.717) is 36.9 Å². The van der Waals surface area contributed by atoms with Gasteiger partial charge < -0.3 is 25.2 Å². The molecule has 2 aliphatic heterocycles. The summed E-state index contributed by atoms with van der Waals surface area (Å²) in [6.07, 6.45) is 1.73. The molecule has 1 unspecified atom stereocenters. The summed E-state index contributed by atoms with van der Waals surface area (Å²) in [6.45, 7) is 4.95. The van der Waals surface area contributed by atoms with E-state index in [-0.39, 0.29) is 18.2 Å². The number of amides is 2. The van der Waals surface area contributed by atoms with E-state index in [1.54, 1.807) is 37.4 Å². The number of nitrogens with one attached hydrogen (secondary N) is 2. The van der Waals surface area contributed by atoms with Gasteiger partial charge in [-0.05, 0) is 43.3 Å². The molecule has 172 valence electrons. The Morgan fingerprint density at radius 2 is 1.82 bits per heavy atom. The average Bonchev–Trinajstić information content (AvgIpc) is 3.20. The summed E-state index contributed by atoms with van der Waals surface area (Å²) in [5.41, 5.74) is 0.939. The van der Waals surface area contributed by atoms with Crippen LogP contribution in [0.15, 0.2) is 53.7 Å². The largest absolute Gasteiger partial charge is 0.462 e. The number of guanidine groups is 1. The highest BCUT2D eigenvalue weighted by atomic mass is 16.5. The van der Waals surface area contributed by atoms with Crippen molar-refractivity contribution >= 4 is 35.2 Å². The predicted molar refractivity (Wildman–Crippen MR) is 123 cm³/mol. The monoisotopic (exact) mass is 450 g/mol. The quantitative estimate of drug-likeness (QED) is 0.632. The van der Waals surface area contributed by atoms with Gasteiger partial charge in [0.05, 0.1) is 18.6 Å². The maximum atomic E-state index is 12.4. The molecule has 1 atom stereocenters. The summed E-state index contributed by atoms with van der Waals surface area (Å²) < 4.78 is 4.94. The Morgan fingerprint density at radius 1 is 1.09 bits per heavy atom. The topological polar surface area (TPSA) is 116 Å². The van der Waals surface area contributed by atoms with Crippen LogP contribution in [0.2, 0.25) is 0 Å². The first-order valence-corrected chi connectivity index (χ1v) is 10.9. The van der Waals surface area contributed by atoms with Gasteiger partial charge in [-0.25, -0.2) is 9.78 Å². The van der Waals surface area contributed by atoms with Crippen molar-refractivity contribution in [2.75, 3.05) is 43.0 Å². The molecule has 0 saturated carbocycles. The minimum atomic E-state index is -0.701. The first kappa shape index (κ1) is 22.3. The van der Waals surface area contributed by atoms with Crippen molar-refractivity contribution in [1.29, 1.82) is 0 Å². The first-order chi connectivity index (χ1) is 16.0. The van der Waals surface area contributed by atoms with Gasteiger partial charge in [0.15, 0.2) is 0 Å². The number of anilines is 2. The second-order valence-electron chi connectivity index (χ2n) is 7.68. The number of hydrogen-bond acceptors (Lipinski definition) is 8. The van der Waals surface area contributed by atoms with Crippen LogP contribution in [0, 0.1) is 0 Å². The number of hydrogen-bond donors (Lipinski definition) is 2. The van der Waals surface area contributed by atoms with Crippen molar-refractivity contribution in [3.8, 4) is 0 Å². The highest BCUT2D eigenvalue weighted by molar-refractivity contribution is 6.05. The van der Waals surface area contributed by atoms with E-state index in [4.69, 9.17) is 4.74 Å². The number of carbonyl (C=O) groups is 3. The van der Waals surface area contributed by atoms with E-state index in [9.17, 15) is 14.4 Å². The smallest absolute Gasteiger partial charge is 0.338 e. The molecule has 1 aromatic carbocycles.